The van der Waals surface area contributed by atoms with Gasteiger partial charge < -0.3 is 15.4 Å². The molecule has 0 saturated carbocycles. The van der Waals surface area contributed by atoms with Crippen LogP contribution in [0.15, 0.2) is 59.6 Å². The molecule has 2 N–H and O–H groups in total. The van der Waals surface area contributed by atoms with Crippen LogP contribution in [0, 0.1) is 0 Å². The molecule has 0 radical (unpaired) electrons. The molecule has 0 aliphatic rings. The Balaban J connectivity index is 1.68. The molecule has 26 heavy (non-hydrogen) atoms. The van der Waals surface area contributed by atoms with Gasteiger partial charge in [0.2, 0.25) is 0 Å². The number of aliphatic imine (C=N–C) groups is 1. The van der Waals surface area contributed by atoms with Gasteiger partial charge in [-0.25, -0.2) is 0 Å². The number of nitrogens with one attached hydrogen (secondary N) is 2. The highest BCUT2D eigenvalue weighted by Crippen LogP contribution is 2.17. The minimum atomic E-state index is -0.891. The van der Waals surface area contributed by atoms with Crippen LogP contribution in [-0.2, 0) is 23.0 Å². The maximum atomic E-state index is 12.1. The Hall–Kier alpha value is -2.34. The first-order valence-electron chi connectivity index (χ1n) is 8.68. The molecule has 2 rings (SSSR count). The molecule has 0 amide bonds. The van der Waals surface area contributed by atoms with Gasteiger partial charge in [0.15, 0.2) is 5.96 Å². The van der Waals surface area contributed by atoms with Crippen molar-refractivity contribution in [3.8, 4) is 5.75 Å². The summed E-state index contributed by atoms with van der Waals surface area (Å²) in [7, 11) is 2.53. The molecule has 1 unspecified atom stereocenters. The van der Waals surface area contributed by atoms with E-state index in [1.807, 2.05) is 48.5 Å². The topological polar surface area (TPSA) is 62.7 Å². The van der Waals surface area contributed by atoms with E-state index in [2.05, 4.69) is 21.7 Å². The predicted octanol–water partition coefficient (Wildman–Crippen LogP) is 2.35. The minimum absolute atomic E-state index is 0.585. The first-order valence-corrected chi connectivity index (χ1v) is 10.2. The zero-order valence-corrected chi connectivity index (χ0v) is 16.2. The Morgan fingerprint density at radius 2 is 1.73 bits per heavy atom. The van der Waals surface area contributed by atoms with E-state index in [0.717, 1.165) is 35.8 Å². The van der Waals surface area contributed by atoms with E-state index in [4.69, 9.17) is 4.74 Å². The molecule has 0 aliphatic heterocycles. The van der Waals surface area contributed by atoms with E-state index in [0.29, 0.717) is 18.1 Å². The Morgan fingerprint density at radius 1 is 1.04 bits per heavy atom. The second-order valence-electron chi connectivity index (χ2n) is 5.76. The number of hydrogen-bond acceptors (Lipinski definition) is 3. The van der Waals surface area contributed by atoms with Crippen molar-refractivity contribution in [1.82, 2.24) is 10.6 Å². The molecule has 5 nitrogen and oxygen atoms in total. The second kappa shape index (κ2) is 11.3. The third-order valence-corrected chi connectivity index (χ3v) is 5.21. The van der Waals surface area contributed by atoms with Crippen LogP contribution in [-0.4, -0.2) is 43.2 Å². The summed E-state index contributed by atoms with van der Waals surface area (Å²) in [5, 5.41) is 6.49. The number of nitrogens with zero attached hydrogens (tertiary/aromatic N) is 1. The van der Waals surface area contributed by atoms with Gasteiger partial charge in [-0.3, -0.25) is 9.20 Å². The molecule has 1 atom stereocenters. The highest BCUT2D eigenvalue weighted by molar-refractivity contribution is 7.84. The molecule has 0 fully saturated rings. The number of methoxy groups -OCH3 is 1. The molecule has 6 heteroatoms. The van der Waals surface area contributed by atoms with Crippen LogP contribution in [0.4, 0.5) is 0 Å². The molecule has 0 heterocycles. The van der Waals surface area contributed by atoms with Crippen LogP contribution in [0.3, 0.4) is 0 Å². The summed E-state index contributed by atoms with van der Waals surface area (Å²) in [5.41, 5.74) is 2.26. The number of benzene rings is 2. The smallest absolute Gasteiger partial charge is 0.191 e. The maximum absolute atomic E-state index is 12.1. The standard InChI is InChI=1S/C20H27N3O2S/c1-21-20(22-13-12-18-10-6-7-11-19(18)25-2)23-14-15-26(24)16-17-8-4-3-5-9-17/h3-11H,12-16H2,1-2H3,(H2,21,22,23). The number of ether oxygens (including phenoxy) is 1. The third-order valence-electron chi connectivity index (χ3n) is 3.90. The van der Waals surface area contributed by atoms with Crippen LogP contribution in [0.1, 0.15) is 11.1 Å². The summed E-state index contributed by atoms with van der Waals surface area (Å²) in [6, 6.07) is 17.9. The highest BCUT2D eigenvalue weighted by atomic mass is 32.2. The van der Waals surface area contributed by atoms with Crippen LogP contribution in [0.25, 0.3) is 0 Å². The summed E-state index contributed by atoms with van der Waals surface area (Å²) in [6.45, 7) is 1.36. The monoisotopic (exact) mass is 373 g/mol. The number of hydrogen-bond donors (Lipinski definition) is 2. The Kier molecular flexibility index (Phi) is 8.69. The fourth-order valence-electron chi connectivity index (χ4n) is 2.56. The van der Waals surface area contributed by atoms with Gasteiger partial charge in [0.05, 0.1) is 7.11 Å². The van der Waals surface area contributed by atoms with Crippen LogP contribution in [0.2, 0.25) is 0 Å². The van der Waals surface area contributed by atoms with Crippen LogP contribution >= 0.6 is 0 Å². The predicted molar refractivity (Wildman–Crippen MR) is 109 cm³/mol. The Morgan fingerprint density at radius 3 is 2.46 bits per heavy atom. The van der Waals surface area contributed by atoms with Gasteiger partial charge in [-0.2, -0.15) is 0 Å². The van der Waals surface area contributed by atoms with E-state index in [1.54, 1.807) is 14.2 Å². The molecule has 2 aromatic carbocycles. The van der Waals surface area contributed by atoms with E-state index < -0.39 is 10.8 Å². The first kappa shape index (κ1) is 20.0. The summed E-state index contributed by atoms with van der Waals surface area (Å²) < 4.78 is 17.5. The number of rotatable bonds is 9. The lowest BCUT2D eigenvalue weighted by Crippen LogP contribution is -2.40. The van der Waals surface area contributed by atoms with Gasteiger partial charge in [-0.1, -0.05) is 48.5 Å². The average Bonchev–Trinajstić information content (AvgIpc) is 2.68. The van der Waals surface area contributed by atoms with Crippen molar-refractivity contribution in [2.45, 2.75) is 12.2 Å². The summed E-state index contributed by atoms with van der Waals surface area (Å²) in [5.74, 6) is 2.79. The van der Waals surface area contributed by atoms with Gasteiger partial charge >= 0.3 is 0 Å². The summed E-state index contributed by atoms with van der Waals surface area (Å²) >= 11 is 0. The van der Waals surface area contributed by atoms with Crippen molar-refractivity contribution in [2.24, 2.45) is 4.99 Å². The van der Waals surface area contributed by atoms with Gasteiger partial charge in [0, 0.05) is 42.4 Å². The van der Waals surface area contributed by atoms with Gasteiger partial charge in [0.25, 0.3) is 0 Å². The Labute approximate surface area is 158 Å². The molecular formula is C20H27N3O2S. The Bertz CT molecular complexity index is 720. The minimum Gasteiger partial charge on any atom is -0.496 e. The van der Waals surface area contributed by atoms with E-state index in [-0.39, 0.29) is 0 Å². The fraction of sp³-hybridized carbons (Fsp3) is 0.350. The maximum Gasteiger partial charge on any atom is 0.191 e. The summed E-state index contributed by atoms with van der Waals surface area (Å²) in [4.78, 5) is 4.21. The van der Waals surface area contributed by atoms with Crippen molar-refractivity contribution >= 4 is 16.8 Å². The lowest BCUT2D eigenvalue weighted by molar-refractivity contribution is 0.409. The van der Waals surface area contributed by atoms with Crippen molar-refractivity contribution in [3.63, 3.8) is 0 Å². The van der Waals surface area contributed by atoms with Crippen molar-refractivity contribution in [3.05, 3.63) is 65.7 Å². The molecule has 140 valence electrons. The first-order chi connectivity index (χ1) is 12.7. The van der Waals surface area contributed by atoms with Crippen LogP contribution < -0.4 is 15.4 Å². The van der Waals surface area contributed by atoms with Gasteiger partial charge in [-0.05, 0) is 23.6 Å². The van der Waals surface area contributed by atoms with Crippen molar-refractivity contribution in [2.75, 3.05) is 33.0 Å². The van der Waals surface area contributed by atoms with Gasteiger partial charge in [-0.15, -0.1) is 0 Å². The van der Waals surface area contributed by atoms with Crippen LogP contribution in [0.5, 0.6) is 5.75 Å². The molecular weight excluding hydrogens is 346 g/mol. The molecule has 0 saturated heterocycles. The largest absolute Gasteiger partial charge is 0.496 e. The normalized spacial score (nSPS) is 12.5. The lowest BCUT2D eigenvalue weighted by atomic mass is 10.1. The number of guanidine groups is 1. The molecule has 2 aromatic rings. The SMILES string of the molecule is CN=C(NCCc1ccccc1OC)NCCS(=O)Cc1ccccc1. The zero-order valence-electron chi connectivity index (χ0n) is 15.4. The van der Waals surface area contributed by atoms with E-state index in [1.165, 1.54) is 0 Å². The van der Waals surface area contributed by atoms with E-state index >= 15 is 0 Å². The van der Waals surface area contributed by atoms with E-state index in [9.17, 15) is 4.21 Å². The van der Waals surface area contributed by atoms with Crippen molar-refractivity contribution < 1.29 is 8.95 Å². The lowest BCUT2D eigenvalue weighted by Gasteiger charge is -2.13. The fourth-order valence-corrected chi connectivity index (χ4v) is 3.60. The third kappa shape index (κ3) is 6.88. The summed E-state index contributed by atoms with van der Waals surface area (Å²) in [6.07, 6.45) is 0.838. The molecule has 0 aliphatic carbocycles. The van der Waals surface area contributed by atoms with Gasteiger partial charge in [0.1, 0.15) is 5.75 Å². The molecule has 0 aromatic heterocycles. The number of para-hydroxylation sites is 1. The molecule has 0 spiro atoms. The zero-order chi connectivity index (χ0) is 18.6. The molecule has 0 bridgehead atoms. The highest BCUT2D eigenvalue weighted by Gasteiger charge is 2.04. The second-order valence-corrected chi connectivity index (χ2v) is 7.34. The average molecular weight is 374 g/mol. The van der Waals surface area contributed by atoms with Crippen molar-refractivity contribution in [1.29, 1.82) is 0 Å². The quantitative estimate of drug-likeness (QED) is 0.523.